The summed E-state index contributed by atoms with van der Waals surface area (Å²) in [5, 5.41) is 2.48. The first kappa shape index (κ1) is 32.1. The SMILES string of the molecule is CN1CC(C#CC(=O)N2CC[C@@H](N(C)c3nc(OC[C@@]45CCCN4C[C@H](F)C5)nc4c(F)c(-c5cccc6cccc(Cl)c56)ncc34)C2)C1. The number of carbonyl (C=O) groups excluding carboxylic acids is 1. The number of aromatic nitrogens is 3. The van der Waals surface area contributed by atoms with E-state index in [0.29, 0.717) is 59.7 Å². The van der Waals surface area contributed by atoms with E-state index in [1.165, 1.54) is 0 Å². The summed E-state index contributed by atoms with van der Waals surface area (Å²) in [5.41, 5.74) is 0.320. The van der Waals surface area contributed by atoms with Gasteiger partial charge in [0.2, 0.25) is 0 Å². The number of carbonyl (C=O) groups is 1. The number of likely N-dealkylation sites (tertiary alicyclic amines) is 2. The quantitative estimate of drug-likeness (QED) is 0.257. The Morgan fingerprint density at radius 3 is 2.78 bits per heavy atom. The van der Waals surface area contributed by atoms with E-state index in [1.807, 2.05) is 43.3 Å². The molecule has 4 saturated heterocycles. The van der Waals surface area contributed by atoms with Gasteiger partial charge in [0.25, 0.3) is 5.91 Å². The molecule has 49 heavy (non-hydrogen) atoms. The standard InChI is InChI=1S/C37H38ClF2N7O2/c1-44-18-23(19-44)10-11-30(48)46-15-12-26(21-46)45(2)35-28-17-41-33(27-8-3-6-24-7-4-9-29(38)31(24)27)32(40)34(28)42-36(43-35)49-22-37-13-5-14-47(37)20-25(39)16-37/h3-4,6-9,17,23,25-26H,5,12-16,18-22H2,1-2H3/t25-,26-,37+/m1/s1. The maximum atomic E-state index is 16.8. The van der Waals surface area contributed by atoms with Crippen molar-refractivity contribution in [2.24, 2.45) is 5.92 Å². The van der Waals surface area contributed by atoms with Crippen LogP contribution in [0, 0.1) is 23.6 Å². The summed E-state index contributed by atoms with van der Waals surface area (Å²) in [5.74, 6) is 5.84. The largest absolute Gasteiger partial charge is 0.461 e. The maximum Gasteiger partial charge on any atom is 0.319 e. The fraction of sp³-hybridized carbons (Fsp3) is 0.459. The topological polar surface area (TPSA) is 77.9 Å². The summed E-state index contributed by atoms with van der Waals surface area (Å²) in [6, 6.07) is 11.1. The van der Waals surface area contributed by atoms with Gasteiger partial charge < -0.3 is 19.4 Å². The summed E-state index contributed by atoms with van der Waals surface area (Å²) < 4.78 is 37.6. The van der Waals surface area contributed by atoms with E-state index in [2.05, 4.69) is 31.6 Å². The number of halogens is 3. The van der Waals surface area contributed by atoms with Crippen molar-refractivity contribution in [2.45, 2.75) is 43.4 Å². The third-order valence-corrected chi connectivity index (χ3v) is 11.1. The second-order valence-electron chi connectivity index (χ2n) is 14.0. The van der Waals surface area contributed by atoms with Crippen LogP contribution >= 0.6 is 11.6 Å². The smallest absolute Gasteiger partial charge is 0.319 e. The molecule has 1 amide bonds. The lowest BCUT2D eigenvalue weighted by Gasteiger charge is -2.32. The molecule has 4 aliphatic heterocycles. The number of nitrogens with zero attached hydrogens (tertiary/aromatic N) is 7. The Labute approximate surface area is 289 Å². The molecule has 0 aliphatic carbocycles. The fourth-order valence-electron chi connectivity index (χ4n) is 8.13. The lowest BCUT2D eigenvalue weighted by molar-refractivity contribution is -0.124. The minimum Gasteiger partial charge on any atom is -0.461 e. The molecule has 0 saturated carbocycles. The predicted molar refractivity (Wildman–Crippen MR) is 186 cm³/mol. The van der Waals surface area contributed by atoms with Crippen molar-refractivity contribution < 1.29 is 18.3 Å². The zero-order chi connectivity index (χ0) is 33.9. The van der Waals surface area contributed by atoms with E-state index in [-0.39, 0.29) is 41.7 Å². The third-order valence-electron chi connectivity index (χ3n) is 10.8. The zero-order valence-electron chi connectivity index (χ0n) is 27.6. The summed E-state index contributed by atoms with van der Waals surface area (Å²) in [6.45, 7) is 4.20. The molecule has 0 unspecified atom stereocenters. The molecule has 4 fully saturated rings. The van der Waals surface area contributed by atoms with Crippen molar-refractivity contribution in [1.82, 2.24) is 29.7 Å². The Morgan fingerprint density at radius 2 is 1.96 bits per heavy atom. The van der Waals surface area contributed by atoms with Crippen molar-refractivity contribution in [2.75, 3.05) is 64.9 Å². The second kappa shape index (κ2) is 12.7. The third kappa shape index (κ3) is 5.83. The first-order valence-electron chi connectivity index (χ1n) is 17.0. The van der Waals surface area contributed by atoms with Gasteiger partial charge in [-0.15, -0.1) is 0 Å². The molecular formula is C37H38ClF2N7O2. The zero-order valence-corrected chi connectivity index (χ0v) is 28.4. The number of hydrogen-bond acceptors (Lipinski definition) is 8. The van der Waals surface area contributed by atoms with Crippen molar-refractivity contribution in [3.8, 4) is 29.1 Å². The van der Waals surface area contributed by atoms with E-state index in [4.69, 9.17) is 21.3 Å². The fourth-order valence-corrected chi connectivity index (χ4v) is 8.42. The molecule has 4 aliphatic rings. The maximum absolute atomic E-state index is 16.8. The highest BCUT2D eigenvalue weighted by atomic mass is 35.5. The average molecular weight is 686 g/mol. The number of alkyl halides is 1. The van der Waals surface area contributed by atoms with Crippen LogP contribution in [-0.4, -0.2) is 113 Å². The molecule has 8 rings (SSSR count). The number of fused-ring (bicyclic) bond motifs is 3. The first-order chi connectivity index (χ1) is 23.7. The molecule has 254 valence electrons. The Bertz CT molecular complexity index is 2010. The lowest BCUT2D eigenvalue weighted by atomic mass is 9.95. The molecule has 0 N–H and O–H groups in total. The molecule has 4 aromatic rings. The minimum atomic E-state index is -0.908. The van der Waals surface area contributed by atoms with Crippen LogP contribution in [0.3, 0.4) is 0 Å². The first-order valence-corrected chi connectivity index (χ1v) is 17.3. The molecule has 12 heteroatoms. The molecule has 3 atom stereocenters. The summed E-state index contributed by atoms with van der Waals surface area (Å²) >= 11 is 6.62. The van der Waals surface area contributed by atoms with Crippen molar-refractivity contribution >= 4 is 45.0 Å². The van der Waals surface area contributed by atoms with Gasteiger partial charge in [-0.05, 0) is 50.2 Å². The second-order valence-corrected chi connectivity index (χ2v) is 14.4. The summed E-state index contributed by atoms with van der Waals surface area (Å²) in [7, 11) is 3.92. The van der Waals surface area contributed by atoms with E-state index in [1.54, 1.807) is 23.2 Å². The van der Waals surface area contributed by atoms with Gasteiger partial charge in [0.05, 0.1) is 10.9 Å². The highest BCUT2D eigenvalue weighted by molar-refractivity contribution is 6.36. The van der Waals surface area contributed by atoms with Crippen molar-refractivity contribution in [1.29, 1.82) is 0 Å². The monoisotopic (exact) mass is 685 g/mol. The van der Waals surface area contributed by atoms with Gasteiger partial charge in [-0.2, -0.15) is 9.97 Å². The highest BCUT2D eigenvalue weighted by Gasteiger charge is 2.49. The Hall–Kier alpha value is -4.11. The van der Waals surface area contributed by atoms with Gasteiger partial charge >= 0.3 is 6.01 Å². The normalized spacial score (nSPS) is 24.2. The van der Waals surface area contributed by atoms with Crippen molar-refractivity contribution in [3.05, 3.63) is 53.4 Å². The van der Waals surface area contributed by atoms with Gasteiger partial charge in [-0.1, -0.05) is 47.9 Å². The Morgan fingerprint density at radius 1 is 1.14 bits per heavy atom. The lowest BCUT2D eigenvalue weighted by Crippen LogP contribution is -2.43. The Balaban J connectivity index is 1.15. The molecule has 2 aromatic heterocycles. The van der Waals surface area contributed by atoms with Gasteiger partial charge in [0.1, 0.15) is 29.8 Å². The molecule has 6 heterocycles. The van der Waals surface area contributed by atoms with E-state index in [0.717, 1.165) is 37.9 Å². The highest BCUT2D eigenvalue weighted by Crippen LogP contribution is 2.41. The van der Waals surface area contributed by atoms with E-state index < -0.39 is 17.5 Å². The molecule has 0 spiro atoms. The van der Waals surface area contributed by atoms with Gasteiger partial charge in [-0.25, -0.2) is 8.78 Å². The average Bonchev–Trinajstić information content (AvgIpc) is 3.80. The van der Waals surface area contributed by atoms with E-state index in [9.17, 15) is 9.18 Å². The number of likely N-dealkylation sites (N-methyl/N-ethyl adjacent to an activating group) is 1. The number of pyridine rings is 1. The van der Waals surface area contributed by atoms with Gasteiger partial charge in [-0.3, -0.25) is 14.7 Å². The van der Waals surface area contributed by atoms with Crippen LogP contribution in [0.15, 0.2) is 42.6 Å². The predicted octanol–water partition coefficient (Wildman–Crippen LogP) is 5.19. The molecule has 0 radical (unpaired) electrons. The number of rotatable bonds is 6. The minimum absolute atomic E-state index is 0.0205. The number of benzene rings is 2. The molecule has 9 nitrogen and oxygen atoms in total. The summed E-state index contributed by atoms with van der Waals surface area (Å²) in [4.78, 5) is 35.1. The van der Waals surface area contributed by atoms with Gasteiger partial charge in [0, 0.05) is 80.3 Å². The number of ether oxygens (including phenoxy) is 1. The van der Waals surface area contributed by atoms with Crippen LogP contribution in [0.5, 0.6) is 6.01 Å². The van der Waals surface area contributed by atoms with E-state index >= 15 is 4.39 Å². The van der Waals surface area contributed by atoms with Gasteiger partial charge in [0.15, 0.2) is 5.82 Å². The van der Waals surface area contributed by atoms with Crippen LogP contribution in [0.25, 0.3) is 32.9 Å². The number of hydrogen-bond donors (Lipinski definition) is 0. The molecule has 2 aromatic carbocycles. The number of amides is 1. The molecular weight excluding hydrogens is 648 g/mol. The Kier molecular flexibility index (Phi) is 8.29. The number of anilines is 1. The van der Waals surface area contributed by atoms with Crippen LogP contribution in [-0.2, 0) is 4.79 Å². The molecule has 0 bridgehead atoms. The van der Waals surface area contributed by atoms with Crippen LogP contribution in [0.1, 0.15) is 25.7 Å². The van der Waals surface area contributed by atoms with Crippen LogP contribution < -0.4 is 9.64 Å². The van der Waals surface area contributed by atoms with Crippen LogP contribution in [0.4, 0.5) is 14.6 Å². The summed E-state index contributed by atoms with van der Waals surface area (Å²) in [6.07, 6.45) is 3.57. The van der Waals surface area contributed by atoms with Crippen LogP contribution in [0.2, 0.25) is 5.02 Å². The van der Waals surface area contributed by atoms with Crippen molar-refractivity contribution in [3.63, 3.8) is 0 Å².